The first-order chi connectivity index (χ1) is 7.36. The summed E-state index contributed by atoms with van der Waals surface area (Å²) in [6.45, 7) is 6.03. The van der Waals surface area contributed by atoms with Crippen molar-refractivity contribution in [1.29, 1.82) is 0 Å². The molecule has 0 saturated carbocycles. The van der Waals surface area contributed by atoms with Crippen molar-refractivity contribution in [3.8, 4) is 0 Å². The zero-order chi connectivity index (χ0) is 13.1. The Balaban J connectivity index is -0.000000218. The molecule has 7 heteroatoms. The minimum Gasteiger partial charge on any atom is -0.356 e. The molecule has 0 unspecified atom stereocenters. The molecule has 0 aromatic carbocycles. The minimum absolute atomic E-state index is 0. The molecule has 0 aromatic heterocycles. The molecule has 0 spiro atoms. The molecule has 0 rings (SSSR count). The SMILES string of the molecule is CCCN(C)C(=S)Cl.CCC[N+](C)=C(Cl)Cl.Cl. The molecule has 0 N–H and O–H groups in total. The maximum Gasteiger partial charge on any atom is 0.341 e. The molecule has 0 fully saturated rings. The van der Waals surface area contributed by atoms with Crippen LogP contribution in [0, 0.1) is 0 Å². The minimum atomic E-state index is 0. The molecule has 0 saturated heterocycles. The van der Waals surface area contributed by atoms with Crippen LogP contribution < -0.4 is 0 Å². The Kier molecular flexibility index (Phi) is 19.9. The Morgan fingerprint density at radius 1 is 1.18 bits per heavy atom. The van der Waals surface area contributed by atoms with Crippen LogP contribution in [0.5, 0.6) is 0 Å². The Labute approximate surface area is 131 Å². The number of nitrogens with zero attached hydrogens (tertiary/aromatic N) is 2. The quantitative estimate of drug-likeness (QED) is 0.249. The van der Waals surface area contributed by atoms with E-state index in [0.29, 0.717) is 9.08 Å². The highest BCUT2D eigenvalue weighted by Crippen LogP contribution is 1.93. The van der Waals surface area contributed by atoms with Crippen LogP contribution in [-0.2, 0) is 0 Å². The van der Waals surface area contributed by atoms with E-state index in [-0.39, 0.29) is 12.4 Å². The average Bonchev–Trinajstić information content (AvgIpc) is 2.19. The molecular formula is C10H21Cl4N2S+. The van der Waals surface area contributed by atoms with E-state index in [4.69, 9.17) is 34.8 Å². The second kappa shape index (κ2) is 14.8. The Morgan fingerprint density at radius 3 is 1.76 bits per heavy atom. The lowest BCUT2D eigenvalue weighted by Crippen LogP contribution is -2.20. The van der Waals surface area contributed by atoms with Gasteiger partial charge in [-0.25, -0.2) is 4.58 Å². The van der Waals surface area contributed by atoms with Crippen LogP contribution in [0.4, 0.5) is 0 Å². The van der Waals surface area contributed by atoms with E-state index < -0.39 is 0 Å². The van der Waals surface area contributed by atoms with Crippen LogP contribution in [0.1, 0.15) is 26.7 Å². The number of hydrogen-bond donors (Lipinski definition) is 0. The third kappa shape index (κ3) is 16.7. The van der Waals surface area contributed by atoms with Crippen molar-refractivity contribution in [3.05, 3.63) is 0 Å². The first-order valence-electron chi connectivity index (χ1n) is 5.16. The van der Waals surface area contributed by atoms with Gasteiger partial charge in [-0.15, -0.1) is 12.4 Å². The highest BCUT2D eigenvalue weighted by Gasteiger charge is 1.99. The van der Waals surface area contributed by atoms with Crippen molar-refractivity contribution in [3.63, 3.8) is 0 Å². The number of thiocarbonyl (C=S) groups is 1. The zero-order valence-electron chi connectivity index (χ0n) is 10.7. The average molecular weight is 343 g/mol. The van der Waals surface area contributed by atoms with Gasteiger partial charge in [-0.05, 0) is 18.6 Å². The molecule has 104 valence electrons. The van der Waals surface area contributed by atoms with Gasteiger partial charge in [0.05, 0.1) is 0 Å². The van der Waals surface area contributed by atoms with E-state index in [9.17, 15) is 0 Å². The third-order valence-electron chi connectivity index (χ3n) is 1.71. The van der Waals surface area contributed by atoms with Gasteiger partial charge in [0.1, 0.15) is 13.6 Å². The van der Waals surface area contributed by atoms with Gasteiger partial charge >= 0.3 is 4.63 Å². The standard InChI is InChI=1S/C5H10Cl2N.C5H10ClNS.ClH/c1-3-4-8(2)5(6)7;1-3-4-7(2)5(6)8;/h2*3-4H2,1-2H3;1H/q+1;;. The summed E-state index contributed by atoms with van der Waals surface area (Å²) in [5, 5.41) is 0. The van der Waals surface area contributed by atoms with E-state index >= 15 is 0 Å². The molecule has 17 heavy (non-hydrogen) atoms. The highest BCUT2D eigenvalue weighted by atomic mass is 35.5. The summed E-state index contributed by atoms with van der Waals surface area (Å²) in [6.07, 6.45) is 2.16. The van der Waals surface area contributed by atoms with Crippen molar-refractivity contribution < 1.29 is 4.58 Å². The van der Waals surface area contributed by atoms with Crippen LogP contribution in [0.2, 0.25) is 0 Å². The lowest BCUT2D eigenvalue weighted by molar-refractivity contribution is -0.492. The monoisotopic (exact) mass is 341 g/mol. The lowest BCUT2D eigenvalue weighted by atomic mass is 10.5. The van der Waals surface area contributed by atoms with Gasteiger partial charge in [0.2, 0.25) is 0 Å². The molecule has 0 heterocycles. The van der Waals surface area contributed by atoms with Gasteiger partial charge in [-0.2, -0.15) is 0 Å². The van der Waals surface area contributed by atoms with Crippen molar-refractivity contribution in [2.75, 3.05) is 27.2 Å². The maximum absolute atomic E-state index is 5.46. The van der Waals surface area contributed by atoms with E-state index in [1.807, 2.05) is 19.0 Å². The first kappa shape index (κ1) is 22.9. The second-order valence-corrected chi connectivity index (χ2v) is 5.21. The topological polar surface area (TPSA) is 6.25 Å². The first-order valence-corrected chi connectivity index (χ1v) is 6.70. The molecule has 0 aliphatic heterocycles. The van der Waals surface area contributed by atoms with Crippen LogP contribution in [0.3, 0.4) is 0 Å². The molecule has 0 aromatic rings. The Morgan fingerprint density at radius 2 is 1.65 bits per heavy atom. The molecule has 0 atom stereocenters. The Bertz CT molecular complexity index is 230. The molecule has 0 radical (unpaired) electrons. The van der Waals surface area contributed by atoms with E-state index in [0.717, 1.165) is 25.9 Å². The van der Waals surface area contributed by atoms with Crippen molar-refractivity contribution >= 4 is 68.5 Å². The molecule has 0 aliphatic rings. The van der Waals surface area contributed by atoms with E-state index in [1.165, 1.54) is 0 Å². The van der Waals surface area contributed by atoms with E-state index in [1.54, 1.807) is 4.58 Å². The van der Waals surface area contributed by atoms with Crippen LogP contribution in [0.25, 0.3) is 0 Å². The summed E-state index contributed by atoms with van der Waals surface area (Å²) in [4.78, 5) is 1.84. The van der Waals surface area contributed by atoms with Crippen LogP contribution in [0.15, 0.2) is 0 Å². The second-order valence-electron chi connectivity index (χ2n) is 3.34. The smallest absolute Gasteiger partial charge is 0.341 e. The summed E-state index contributed by atoms with van der Waals surface area (Å²) < 4.78 is 2.59. The van der Waals surface area contributed by atoms with Gasteiger partial charge < -0.3 is 4.90 Å². The lowest BCUT2D eigenvalue weighted by Gasteiger charge is -2.12. The summed E-state index contributed by atoms with van der Waals surface area (Å²) in [5.74, 6) is 0. The van der Waals surface area contributed by atoms with Crippen molar-refractivity contribution in [2.45, 2.75) is 26.7 Å². The highest BCUT2D eigenvalue weighted by molar-refractivity contribution is 7.83. The van der Waals surface area contributed by atoms with Crippen molar-refractivity contribution in [1.82, 2.24) is 4.90 Å². The zero-order valence-corrected chi connectivity index (χ0v) is 14.6. The molecule has 2 nitrogen and oxygen atoms in total. The predicted molar refractivity (Wildman–Crippen MR) is 86.7 cm³/mol. The molecule has 0 aliphatic carbocycles. The maximum atomic E-state index is 5.46. The van der Waals surface area contributed by atoms with Crippen LogP contribution >= 0.6 is 59.4 Å². The predicted octanol–water partition coefficient (Wildman–Crippen LogP) is 4.15. The normalized spacial score (nSPS) is 8.41. The van der Waals surface area contributed by atoms with Gasteiger partial charge in [0, 0.05) is 43.2 Å². The number of halogens is 4. The van der Waals surface area contributed by atoms with Crippen LogP contribution in [-0.4, -0.2) is 45.7 Å². The summed E-state index contributed by atoms with van der Waals surface area (Å²) in [7, 11) is 3.75. The number of rotatable bonds is 4. The molecule has 0 bridgehead atoms. The molecular weight excluding hydrogens is 322 g/mol. The van der Waals surface area contributed by atoms with Gasteiger partial charge in [0.15, 0.2) is 4.45 Å². The largest absolute Gasteiger partial charge is 0.356 e. The summed E-state index contributed by atoms with van der Waals surface area (Å²) >= 11 is 21.0. The fraction of sp³-hybridized carbons (Fsp3) is 0.800. The summed E-state index contributed by atoms with van der Waals surface area (Å²) in [5.41, 5.74) is 0. The van der Waals surface area contributed by atoms with Gasteiger partial charge in [-0.1, -0.05) is 25.4 Å². The Hall–Kier alpha value is 0.720. The molecule has 0 amide bonds. The number of hydrogen-bond acceptors (Lipinski definition) is 1. The van der Waals surface area contributed by atoms with Gasteiger partial charge in [0.25, 0.3) is 0 Å². The van der Waals surface area contributed by atoms with E-state index in [2.05, 4.69) is 26.1 Å². The van der Waals surface area contributed by atoms with Gasteiger partial charge in [-0.3, -0.25) is 0 Å². The summed E-state index contributed by atoms with van der Waals surface area (Å²) in [6, 6.07) is 0. The fourth-order valence-electron chi connectivity index (χ4n) is 0.843. The fourth-order valence-corrected chi connectivity index (χ4v) is 1.19. The van der Waals surface area contributed by atoms with Crippen molar-refractivity contribution in [2.24, 2.45) is 0 Å². The third-order valence-corrected chi connectivity index (χ3v) is 2.88.